The van der Waals surface area contributed by atoms with Gasteiger partial charge in [0.1, 0.15) is 11.5 Å². The second-order valence-electron chi connectivity index (χ2n) is 4.95. The molecule has 0 heterocycles. The van der Waals surface area contributed by atoms with Crippen LogP contribution >= 0.6 is 0 Å². The monoisotopic (exact) mass is 285 g/mol. The average Bonchev–Trinajstić information content (AvgIpc) is 2.53. The Kier molecular flexibility index (Phi) is 7.84. The fourth-order valence-corrected chi connectivity index (χ4v) is 2.07. The summed E-state index contributed by atoms with van der Waals surface area (Å²) in [4.78, 5) is 0. The van der Waals surface area contributed by atoms with E-state index >= 15 is 0 Å². The molecular weight excluding hydrogens is 262 g/mol. The van der Waals surface area contributed by atoms with Gasteiger partial charge in [0, 0.05) is 12.0 Å². The fraction of sp³-hybridized carbons (Fsp3) is 0.500. The molecule has 0 N–H and O–H groups in total. The first-order valence-corrected chi connectivity index (χ1v) is 7.46. The molecule has 1 aromatic carbocycles. The van der Waals surface area contributed by atoms with Gasteiger partial charge < -0.3 is 9.47 Å². The number of rotatable bonds is 8. The molecule has 21 heavy (non-hydrogen) atoms. The van der Waals surface area contributed by atoms with E-state index in [0.29, 0.717) is 17.2 Å². The Bertz CT molecular complexity index is 534. The molecule has 1 rings (SSSR count). The Balaban J connectivity index is 2.70. The second-order valence-corrected chi connectivity index (χ2v) is 4.95. The SMILES string of the molecule is CCCCC(CC)COc1ccc(C#CC#N)c(OC)c1. The normalized spacial score (nSPS) is 11.0. The molecule has 3 heteroatoms. The maximum absolute atomic E-state index is 8.50. The maximum Gasteiger partial charge on any atom is 0.152 e. The zero-order valence-electron chi connectivity index (χ0n) is 13.1. The highest BCUT2D eigenvalue weighted by molar-refractivity contribution is 5.51. The van der Waals surface area contributed by atoms with E-state index in [0.717, 1.165) is 18.8 Å². The van der Waals surface area contributed by atoms with E-state index in [1.807, 2.05) is 18.2 Å². The van der Waals surface area contributed by atoms with Gasteiger partial charge in [-0.15, -0.1) is 0 Å². The lowest BCUT2D eigenvalue weighted by molar-refractivity contribution is 0.232. The lowest BCUT2D eigenvalue weighted by Gasteiger charge is -2.16. The third-order valence-corrected chi connectivity index (χ3v) is 3.46. The van der Waals surface area contributed by atoms with Gasteiger partial charge in [-0.3, -0.25) is 0 Å². The summed E-state index contributed by atoms with van der Waals surface area (Å²) >= 11 is 0. The van der Waals surface area contributed by atoms with Crippen molar-refractivity contribution < 1.29 is 9.47 Å². The number of nitrogens with zero attached hydrogens (tertiary/aromatic N) is 1. The molecule has 0 aliphatic rings. The van der Waals surface area contributed by atoms with Gasteiger partial charge in [0.05, 0.1) is 19.3 Å². The molecule has 3 nitrogen and oxygen atoms in total. The van der Waals surface area contributed by atoms with Crippen molar-refractivity contribution in [1.82, 2.24) is 0 Å². The van der Waals surface area contributed by atoms with Crippen LogP contribution in [0.15, 0.2) is 18.2 Å². The highest BCUT2D eigenvalue weighted by Gasteiger charge is 2.08. The van der Waals surface area contributed by atoms with Crippen molar-refractivity contribution in [3.63, 3.8) is 0 Å². The molecule has 0 saturated heterocycles. The van der Waals surface area contributed by atoms with Crippen LogP contribution < -0.4 is 9.47 Å². The third-order valence-electron chi connectivity index (χ3n) is 3.46. The van der Waals surface area contributed by atoms with E-state index in [2.05, 4.69) is 25.7 Å². The number of ether oxygens (including phenoxy) is 2. The largest absolute Gasteiger partial charge is 0.495 e. The number of nitriles is 1. The molecule has 0 aromatic heterocycles. The molecule has 0 amide bonds. The molecule has 112 valence electrons. The molecule has 0 bridgehead atoms. The Morgan fingerprint density at radius 1 is 1.29 bits per heavy atom. The molecule has 0 saturated carbocycles. The van der Waals surface area contributed by atoms with Crippen LogP contribution in [0.2, 0.25) is 0 Å². The summed E-state index contributed by atoms with van der Waals surface area (Å²) in [5.41, 5.74) is 0.699. The first kappa shape index (κ1) is 16.9. The van der Waals surface area contributed by atoms with Crippen molar-refractivity contribution >= 4 is 0 Å². The van der Waals surface area contributed by atoms with E-state index in [4.69, 9.17) is 14.7 Å². The zero-order chi connectivity index (χ0) is 15.5. The highest BCUT2D eigenvalue weighted by atomic mass is 16.5. The third kappa shape index (κ3) is 5.79. The van der Waals surface area contributed by atoms with E-state index in [1.165, 1.54) is 19.3 Å². The van der Waals surface area contributed by atoms with Crippen LogP contribution in [0.5, 0.6) is 11.5 Å². The summed E-state index contributed by atoms with van der Waals surface area (Å²) in [6.07, 6.45) is 4.79. The molecule has 0 spiro atoms. The summed E-state index contributed by atoms with van der Waals surface area (Å²) in [5.74, 6) is 7.14. The number of unbranched alkanes of at least 4 members (excludes halogenated alkanes) is 1. The minimum atomic E-state index is 0.592. The lowest BCUT2D eigenvalue weighted by atomic mass is 10.0. The molecule has 1 unspecified atom stereocenters. The second kappa shape index (κ2) is 9.72. The summed E-state index contributed by atoms with van der Waals surface area (Å²) < 4.78 is 11.2. The molecule has 1 atom stereocenters. The summed E-state index contributed by atoms with van der Waals surface area (Å²) in [7, 11) is 1.59. The quantitative estimate of drug-likeness (QED) is 0.673. The van der Waals surface area contributed by atoms with Crippen LogP contribution in [0.1, 0.15) is 45.1 Å². The van der Waals surface area contributed by atoms with Gasteiger partial charge in [-0.2, -0.15) is 5.26 Å². The Morgan fingerprint density at radius 2 is 2.10 bits per heavy atom. The van der Waals surface area contributed by atoms with E-state index in [-0.39, 0.29) is 0 Å². The topological polar surface area (TPSA) is 42.2 Å². The van der Waals surface area contributed by atoms with Crippen molar-refractivity contribution in [1.29, 1.82) is 5.26 Å². The van der Waals surface area contributed by atoms with Crippen LogP contribution in [0.4, 0.5) is 0 Å². The minimum Gasteiger partial charge on any atom is -0.495 e. The summed E-state index contributed by atoms with van der Waals surface area (Å²) in [6.45, 7) is 5.13. The van der Waals surface area contributed by atoms with Crippen molar-refractivity contribution in [3.8, 4) is 29.4 Å². The molecule has 0 aliphatic heterocycles. The number of methoxy groups -OCH3 is 1. The average molecular weight is 285 g/mol. The van der Waals surface area contributed by atoms with Gasteiger partial charge in [-0.1, -0.05) is 33.1 Å². The molecular formula is C18H23NO2. The van der Waals surface area contributed by atoms with Crippen molar-refractivity contribution in [2.75, 3.05) is 13.7 Å². The Labute approximate surface area is 127 Å². The van der Waals surface area contributed by atoms with Gasteiger partial charge in [0.15, 0.2) is 6.07 Å². The van der Waals surface area contributed by atoms with Crippen LogP contribution in [0.25, 0.3) is 0 Å². The van der Waals surface area contributed by atoms with Crippen LogP contribution in [-0.4, -0.2) is 13.7 Å². The van der Waals surface area contributed by atoms with E-state index < -0.39 is 0 Å². The molecule has 1 aromatic rings. The highest BCUT2D eigenvalue weighted by Crippen LogP contribution is 2.25. The first-order chi connectivity index (χ1) is 10.2. The Morgan fingerprint density at radius 3 is 2.71 bits per heavy atom. The fourth-order valence-electron chi connectivity index (χ4n) is 2.07. The molecule has 0 aliphatic carbocycles. The van der Waals surface area contributed by atoms with Gasteiger partial charge in [0.25, 0.3) is 0 Å². The summed E-state index contributed by atoms with van der Waals surface area (Å²) in [6, 6.07) is 7.33. The van der Waals surface area contributed by atoms with Gasteiger partial charge >= 0.3 is 0 Å². The first-order valence-electron chi connectivity index (χ1n) is 7.46. The van der Waals surface area contributed by atoms with Gasteiger partial charge in [0.2, 0.25) is 0 Å². The van der Waals surface area contributed by atoms with Gasteiger partial charge in [-0.25, -0.2) is 0 Å². The van der Waals surface area contributed by atoms with E-state index in [1.54, 1.807) is 13.2 Å². The zero-order valence-corrected chi connectivity index (χ0v) is 13.1. The van der Waals surface area contributed by atoms with Crippen LogP contribution in [-0.2, 0) is 0 Å². The maximum atomic E-state index is 8.50. The standard InChI is InChI=1S/C18H23NO2/c1-4-6-8-15(5-2)14-21-17-11-10-16(9-7-12-19)18(13-17)20-3/h10-11,13,15H,4-6,8,14H2,1-3H3. The number of hydrogen-bond acceptors (Lipinski definition) is 3. The predicted octanol–water partition coefficient (Wildman–Crippen LogP) is 4.17. The van der Waals surface area contributed by atoms with Crippen molar-refractivity contribution in [3.05, 3.63) is 23.8 Å². The van der Waals surface area contributed by atoms with Crippen molar-refractivity contribution in [2.45, 2.75) is 39.5 Å². The lowest BCUT2D eigenvalue weighted by Crippen LogP contribution is -2.11. The molecule has 0 radical (unpaired) electrons. The van der Waals surface area contributed by atoms with Crippen molar-refractivity contribution in [2.24, 2.45) is 5.92 Å². The predicted molar refractivity (Wildman–Crippen MR) is 84.3 cm³/mol. The van der Waals surface area contributed by atoms with Crippen LogP contribution in [0, 0.1) is 29.1 Å². The van der Waals surface area contributed by atoms with Gasteiger partial charge in [-0.05, 0) is 30.4 Å². The van der Waals surface area contributed by atoms with Crippen LogP contribution in [0.3, 0.4) is 0 Å². The molecule has 0 fully saturated rings. The smallest absolute Gasteiger partial charge is 0.152 e. The minimum absolute atomic E-state index is 0.592. The number of benzene rings is 1. The summed E-state index contributed by atoms with van der Waals surface area (Å²) in [5, 5.41) is 8.50. The number of hydrogen-bond donors (Lipinski definition) is 0. The van der Waals surface area contributed by atoms with E-state index in [9.17, 15) is 0 Å². The Hall–Kier alpha value is -2.13.